The average Bonchev–Trinajstić information content (AvgIpc) is 3.15. The number of likely N-dealkylation sites (tertiary alicyclic amines) is 1. The van der Waals surface area contributed by atoms with E-state index in [0.717, 1.165) is 51.1 Å². The number of piperidine rings is 1. The second-order valence-corrected chi connectivity index (χ2v) is 6.33. The second kappa shape index (κ2) is 6.18. The maximum Gasteiger partial charge on any atom is 0.227 e. The number of rotatable bonds is 3. The van der Waals surface area contributed by atoms with Gasteiger partial charge in [-0.15, -0.1) is 0 Å². The lowest BCUT2D eigenvalue weighted by atomic mass is 9.95. The molecule has 1 amide bonds. The lowest BCUT2D eigenvalue weighted by molar-refractivity contribution is -0.137. The van der Waals surface area contributed by atoms with Crippen LogP contribution in [0.4, 0.5) is 0 Å². The van der Waals surface area contributed by atoms with Gasteiger partial charge in [0.15, 0.2) is 0 Å². The molecule has 0 bridgehead atoms. The highest BCUT2D eigenvalue weighted by Crippen LogP contribution is 2.27. The molecule has 5 nitrogen and oxygen atoms in total. The summed E-state index contributed by atoms with van der Waals surface area (Å²) >= 11 is 0. The van der Waals surface area contributed by atoms with Crippen molar-refractivity contribution in [3.8, 4) is 0 Å². The van der Waals surface area contributed by atoms with Gasteiger partial charge in [-0.3, -0.25) is 4.79 Å². The zero-order valence-electron chi connectivity index (χ0n) is 13.1. The van der Waals surface area contributed by atoms with E-state index < -0.39 is 0 Å². The summed E-state index contributed by atoms with van der Waals surface area (Å²) in [5, 5.41) is 3.46. The highest BCUT2D eigenvalue weighted by Gasteiger charge is 2.36. The molecule has 1 N–H and O–H groups in total. The molecule has 2 saturated heterocycles. The average molecular weight is 290 g/mol. The van der Waals surface area contributed by atoms with E-state index in [2.05, 4.69) is 26.7 Å². The van der Waals surface area contributed by atoms with E-state index in [1.54, 1.807) is 0 Å². The van der Waals surface area contributed by atoms with Crippen LogP contribution in [0.15, 0.2) is 12.4 Å². The molecule has 0 spiro atoms. The second-order valence-electron chi connectivity index (χ2n) is 6.33. The van der Waals surface area contributed by atoms with E-state index >= 15 is 0 Å². The number of carbonyl (C=O) groups is 1. The molecule has 1 aromatic heterocycles. The van der Waals surface area contributed by atoms with Gasteiger partial charge in [0, 0.05) is 31.5 Å². The van der Waals surface area contributed by atoms with Crippen molar-refractivity contribution in [2.24, 2.45) is 5.92 Å². The monoisotopic (exact) mass is 290 g/mol. The van der Waals surface area contributed by atoms with Crippen LogP contribution in [0.25, 0.3) is 0 Å². The van der Waals surface area contributed by atoms with Crippen molar-refractivity contribution < 1.29 is 4.79 Å². The van der Waals surface area contributed by atoms with Crippen LogP contribution in [0.2, 0.25) is 0 Å². The van der Waals surface area contributed by atoms with E-state index in [1.165, 1.54) is 0 Å². The Hall–Kier alpha value is -1.36. The first-order valence-corrected chi connectivity index (χ1v) is 8.22. The highest BCUT2D eigenvalue weighted by molar-refractivity contribution is 5.80. The van der Waals surface area contributed by atoms with Gasteiger partial charge in [-0.1, -0.05) is 6.92 Å². The summed E-state index contributed by atoms with van der Waals surface area (Å²) in [7, 11) is 0. The minimum absolute atomic E-state index is 0.178. The van der Waals surface area contributed by atoms with Crippen molar-refractivity contribution in [3.05, 3.63) is 18.2 Å². The molecule has 116 valence electrons. The zero-order chi connectivity index (χ0) is 14.8. The molecule has 3 rings (SSSR count). The Morgan fingerprint density at radius 1 is 1.48 bits per heavy atom. The van der Waals surface area contributed by atoms with E-state index in [9.17, 15) is 4.79 Å². The third kappa shape index (κ3) is 2.84. The quantitative estimate of drug-likeness (QED) is 0.922. The molecule has 0 aromatic carbocycles. The largest absolute Gasteiger partial charge is 0.340 e. The van der Waals surface area contributed by atoms with Gasteiger partial charge < -0.3 is 14.8 Å². The summed E-state index contributed by atoms with van der Waals surface area (Å²) in [5.74, 6) is 1.58. The third-order valence-corrected chi connectivity index (χ3v) is 5.07. The number of aromatic nitrogens is 2. The van der Waals surface area contributed by atoms with Crippen LogP contribution < -0.4 is 5.32 Å². The molecule has 3 heterocycles. The first kappa shape index (κ1) is 14.6. The Bertz CT molecular complexity index is 498. The van der Waals surface area contributed by atoms with Crippen molar-refractivity contribution in [2.45, 2.75) is 51.6 Å². The minimum atomic E-state index is 0.178. The van der Waals surface area contributed by atoms with Crippen molar-refractivity contribution in [1.29, 1.82) is 0 Å². The molecule has 5 heteroatoms. The van der Waals surface area contributed by atoms with Crippen LogP contribution >= 0.6 is 0 Å². The lowest BCUT2D eigenvalue weighted by Gasteiger charge is -2.36. The number of carbonyl (C=O) groups excluding carboxylic acids is 1. The Labute approximate surface area is 126 Å². The Morgan fingerprint density at radius 3 is 3.05 bits per heavy atom. The fourth-order valence-corrected chi connectivity index (χ4v) is 3.88. The van der Waals surface area contributed by atoms with Gasteiger partial charge in [-0.2, -0.15) is 0 Å². The fraction of sp³-hybridized carbons (Fsp3) is 0.750. The standard InChI is InChI=1S/C16H26N4O/c1-3-15-14(6-7-18-15)16(21)19-9-4-5-13(11-19)20-10-8-17-12(20)2/h8,10,13-15,18H,3-7,9,11H2,1-2H3. The molecule has 0 radical (unpaired) electrons. The number of hydrogen-bond acceptors (Lipinski definition) is 3. The molecule has 2 aliphatic heterocycles. The smallest absolute Gasteiger partial charge is 0.227 e. The molecular weight excluding hydrogens is 264 g/mol. The predicted molar refractivity (Wildman–Crippen MR) is 82.0 cm³/mol. The van der Waals surface area contributed by atoms with Gasteiger partial charge >= 0.3 is 0 Å². The van der Waals surface area contributed by atoms with E-state index in [-0.39, 0.29) is 5.92 Å². The molecule has 2 fully saturated rings. The molecule has 3 unspecified atom stereocenters. The molecule has 1 aromatic rings. The summed E-state index contributed by atoms with van der Waals surface area (Å²) in [6, 6.07) is 0.757. The van der Waals surface area contributed by atoms with Gasteiger partial charge in [-0.05, 0) is 39.2 Å². The molecular formula is C16H26N4O. The maximum absolute atomic E-state index is 12.8. The fourth-order valence-electron chi connectivity index (χ4n) is 3.88. The molecule has 21 heavy (non-hydrogen) atoms. The summed E-state index contributed by atoms with van der Waals surface area (Å²) in [6.07, 6.45) is 8.15. The number of imidazole rings is 1. The first-order valence-electron chi connectivity index (χ1n) is 8.22. The van der Waals surface area contributed by atoms with Gasteiger partial charge in [0.05, 0.1) is 12.0 Å². The topological polar surface area (TPSA) is 50.2 Å². The Kier molecular flexibility index (Phi) is 4.29. The lowest BCUT2D eigenvalue weighted by Crippen LogP contribution is -2.46. The first-order chi connectivity index (χ1) is 10.2. The number of nitrogens with one attached hydrogen (secondary N) is 1. The molecule has 0 saturated carbocycles. The van der Waals surface area contributed by atoms with Crippen molar-refractivity contribution in [3.63, 3.8) is 0 Å². The number of hydrogen-bond donors (Lipinski definition) is 1. The van der Waals surface area contributed by atoms with E-state index in [1.807, 2.05) is 19.3 Å². The van der Waals surface area contributed by atoms with Gasteiger partial charge in [-0.25, -0.2) is 4.98 Å². The van der Waals surface area contributed by atoms with Crippen LogP contribution in [-0.2, 0) is 4.79 Å². The zero-order valence-corrected chi connectivity index (χ0v) is 13.1. The summed E-state index contributed by atoms with van der Waals surface area (Å²) < 4.78 is 2.23. The van der Waals surface area contributed by atoms with E-state index in [4.69, 9.17) is 0 Å². The van der Waals surface area contributed by atoms with Crippen LogP contribution in [0.5, 0.6) is 0 Å². The van der Waals surface area contributed by atoms with Gasteiger partial charge in [0.1, 0.15) is 5.82 Å². The summed E-state index contributed by atoms with van der Waals surface area (Å²) in [5.41, 5.74) is 0. The van der Waals surface area contributed by atoms with Crippen LogP contribution in [0, 0.1) is 12.8 Å². The predicted octanol–water partition coefficient (Wildman–Crippen LogP) is 1.74. The van der Waals surface area contributed by atoms with Crippen LogP contribution in [0.3, 0.4) is 0 Å². The SMILES string of the molecule is CCC1NCCC1C(=O)N1CCCC(n2ccnc2C)C1. The Morgan fingerprint density at radius 2 is 2.33 bits per heavy atom. The highest BCUT2D eigenvalue weighted by atomic mass is 16.2. The normalized spacial score (nSPS) is 29.8. The summed E-state index contributed by atoms with van der Waals surface area (Å²) in [6.45, 7) is 6.93. The number of nitrogens with zero attached hydrogens (tertiary/aromatic N) is 3. The molecule has 0 aliphatic carbocycles. The molecule has 2 aliphatic rings. The van der Waals surface area contributed by atoms with Gasteiger partial charge in [0.25, 0.3) is 0 Å². The van der Waals surface area contributed by atoms with Gasteiger partial charge in [0.2, 0.25) is 5.91 Å². The van der Waals surface area contributed by atoms with Crippen LogP contribution in [-0.4, -0.2) is 46.0 Å². The maximum atomic E-state index is 12.8. The minimum Gasteiger partial charge on any atom is -0.340 e. The van der Waals surface area contributed by atoms with Crippen LogP contribution in [0.1, 0.15) is 44.5 Å². The summed E-state index contributed by atoms with van der Waals surface area (Å²) in [4.78, 5) is 19.2. The number of aryl methyl sites for hydroxylation is 1. The Balaban J connectivity index is 1.68. The van der Waals surface area contributed by atoms with E-state index in [0.29, 0.717) is 18.0 Å². The van der Waals surface area contributed by atoms with Crippen molar-refractivity contribution >= 4 is 5.91 Å². The third-order valence-electron chi connectivity index (χ3n) is 5.07. The number of amides is 1. The molecule has 3 atom stereocenters. The van der Waals surface area contributed by atoms with Crippen molar-refractivity contribution in [2.75, 3.05) is 19.6 Å². The van der Waals surface area contributed by atoms with Crippen molar-refractivity contribution in [1.82, 2.24) is 19.8 Å².